The average Bonchev–Trinajstić information content (AvgIpc) is 3.66. The van der Waals surface area contributed by atoms with Crippen LogP contribution in [-0.2, 0) is 0 Å². The molecule has 9 aromatic rings. The predicted octanol–water partition coefficient (Wildman–Crippen LogP) is 9.31. The molecule has 0 bridgehead atoms. The van der Waals surface area contributed by atoms with Crippen LogP contribution < -0.4 is 4.74 Å². The fourth-order valence-corrected chi connectivity index (χ4v) is 6.82. The smallest absolute Gasteiger partial charge is 0.171 e. The number of nitrogens with zero attached hydrogens (tertiary/aromatic N) is 6. The van der Waals surface area contributed by atoms with Gasteiger partial charge in [-0.05, 0) is 74.4 Å². The van der Waals surface area contributed by atoms with Crippen molar-refractivity contribution in [2.24, 2.45) is 0 Å². The molecule has 0 fully saturated rings. The van der Waals surface area contributed by atoms with E-state index >= 15 is 0 Å². The van der Waals surface area contributed by atoms with Gasteiger partial charge in [0.2, 0.25) is 0 Å². The first-order valence-electron chi connectivity index (χ1n) is 15.3. The van der Waals surface area contributed by atoms with Crippen molar-refractivity contribution in [3.63, 3.8) is 0 Å². The second-order valence-electron chi connectivity index (χ2n) is 11.8. The normalized spacial score (nSPS) is 11.8. The average molecular weight is 597 g/mol. The van der Waals surface area contributed by atoms with Crippen LogP contribution in [0.2, 0.25) is 0 Å². The summed E-state index contributed by atoms with van der Waals surface area (Å²) in [7, 11) is 0. The molecule has 0 radical (unpaired) electrons. The fourth-order valence-electron chi connectivity index (χ4n) is 6.82. The maximum absolute atomic E-state index is 6.65. The van der Waals surface area contributed by atoms with Crippen molar-refractivity contribution >= 4 is 49.3 Å². The Morgan fingerprint density at radius 3 is 2.15 bits per heavy atom. The molecule has 0 spiro atoms. The Morgan fingerprint density at radius 1 is 0.609 bits per heavy atom. The number of aromatic nitrogens is 6. The maximum atomic E-state index is 6.65. The lowest BCUT2D eigenvalue weighted by atomic mass is 10.0. The maximum Gasteiger partial charge on any atom is 0.171 e. The van der Waals surface area contributed by atoms with E-state index in [1.165, 1.54) is 5.39 Å². The summed E-state index contributed by atoms with van der Waals surface area (Å²) < 4.78 is 11.0. The molecule has 0 aliphatic heterocycles. The molecule has 0 saturated heterocycles. The minimum absolute atomic E-state index is 0.668. The van der Waals surface area contributed by atoms with Crippen molar-refractivity contribution in [1.82, 2.24) is 29.1 Å². The van der Waals surface area contributed by atoms with Gasteiger partial charge in [-0.2, -0.15) is 0 Å². The van der Waals surface area contributed by atoms with Crippen molar-refractivity contribution in [1.29, 1.82) is 0 Å². The molecule has 0 unspecified atom stereocenters. The number of para-hydroxylation sites is 2. The van der Waals surface area contributed by atoms with E-state index in [9.17, 15) is 0 Å². The van der Waals surface area contributed by atoms with Crippen LogP contribution >= 0.6 is 0 Å². The van der Waals surface area contributed by atoms with Crippen LogP contribution in [0.5, 0.6) is 11.5 Å². The fraction of sp³-hybridized carbons (Fsp3) is 0.0769. The van der Waals surface area contributed by atoms with E-state index < -0.39 is 0 Å². The predicted molar refractivity (Wildman–Crippen MR) is 184 cm³/mol. The summed E-state index contributed by atoms with van der Waals surface area (Å²) in [6.45, 7) is 6.23. The standard InChI is InChI=1S/C39H28N6O/c1-23-11-10-12-24(2)36(23)39-43-42-38-30-22-34(25(3)41-37(30)29-14-5-7-16-32(29)45(38)39)46-26-18-19-28-27-13-4-6-15-31(27)44(33(28)21-26)35-17-8-9-20-40-35/h4-22H,1-3H3. The minimum Gasteiger partial charge on any atom is -0.455 e. The first-order valence-corrected chi connectivity index (χ1v) is 15.3. The number of hydrogen-bond acceptors (Lipinski definition) is 5. The van der Waals surface area contributed by atoms with Gasteiger partial charge in [0.1, 0.15) is 17.3 Å². The quantitative estimate of drug-likeness (QED) is 0.189. The molecule has 4 aromatic carbocycles. The third kappa shape index (κ3) is 3.85. The highest BCUT2D eigenvalue weighted by atomic mass is 16.5. The molecule has 0 N–H and O–H groups in total. The zero-order chi connectivity index (χ0) is 30.9. The summed E-state index contributed by atoms with van der Waals surface area (Å²) in [5, 5.41) is 13.7. The number of fused-ring (bicyclic) bond motifs is 9. The molecule has 7 heteroatoms. The number of pyridine rings is 3. The molecule has 5 heterocycles. The first-order chi connectivity index (χ1) is 22.6. The summed E-state index contributed by atoms with van der Waals surface area (Å²) >= 11 is 0. The van der Waals surface area contributed by atoms with Crippen molar-refractivity contribution in [2.45, 2.75) is 20.8 Å². The van der Waals surface area contributed by atoms with Crippen molar-refractivity contribution < 1.29 is 4.74 Å². The van der Waals surface area contributed by atoms with Crippen LogP contribution in [0.3, 0.4) is 0 Å². The molecule has 9 rings (SSSR count). The van der Waals surface area contributed by atoms with Crippen LogP contribution in [0.25, 0.3) is 66.5 Å². The topological polar surface area (TPSA) is 70.1 Å². The monoisotopic (exact) mass is 596 g/mol. The summed E-state index contributed by atoms with van der Waals surface area (Å²) in [5.74, 6) is 3.06. The van der Waals surface area contributed by atoms with E-state index in [0.29, 0.717) is 11.5 Å². The molecule has 0 saturated carbocycles. The van der Waals surface area contributed by atoms with Crippen molar-refractivity contribution in [2.75, 3.05) is 0 Å². The van der Waals surface area contributed by atoms with E-state index in [2.05, 4.69) is 101 Å². The molecule has 0 atom stereocenters. The van der Waals surface area contributed by atoms with Gasteiger partial charge in [0, 0.05) is 39.4 Å². The first kappa shape index (κ1) is 26.3. The molecular weight excluding hydrogens is 568 g/mol. The summed E-state index contributed by atoms with van der Waals surface area (Å²) in [6.07, 6.45) is 1.82. The van der Waals surface area contributed by atoms with Gasteiger partial charge in [0.15, 0.2) is 11.5 Å². The number of aryl methyl sites for hydroxylation is 3. The SMILES string of the molecule is Cc1cccc(C)c1-c1nnc2c3cc(Oc4ccc5c6ccccc6n(-c6ccccn6)c5c4)c(C)nc3c3ccccc3n12. The van der Waals surface area contributed by atoms with Gasteiger partial charge in [-0.15, -0.1) is 10.2 Å². The van der Waals surface area contributed by atoms with Gasteiger partial charge < -0.3 is 4.74 Å². The van der Waals surface area contributed by atoms with Crippen LogP contribution in [0.1, 0.15) is 16.8 Å². The summed E-state index contributed by atoms with van der Waals surface area (Å²) in [4.78, 5) is 9.78. The van der Waals surface area contributed by atoms with E-state index in [4.69, 9.17) is 19.9 Å². The highest BCUT2D eigenvalue weighted by Gasteiger charge is 2.21. The molecule has 220 valence electrons. The van der Waals surface area contributed by atoms with Gasteiger partial charge in [-0.3, -0.25) is 8.97 Å². The van der Waals surface area contributed by atoms with Crippen LogP contribution in [0.15, 0.2) is 115 Å². The summed E-state index contributed by atoms with van der Waals surface area (Å²) in [6, 6.07) is 37.3. The van der Waals surface area contributed by atoms with Crippen LogP contribution in [-0.4, -0.2) is 29.1 Å². The Hall–Kier alpha value is -6.08. The highest BCUT2D eigenvalue weighted by molar-refractivity contribution is 6.11. The number of ether oxygens (including phenoxy) is 1. The largest absolute Gasteiger partial charge is 0.455 e. The molecule has 7 nitrogen and oxygen atoms in total. The lowest BCUT2D eigenvalue weighted by Crippen LogP contribution is -1.99. The molecule has 0 aliphatic carbocycles. The third-order valence-electron chi connectivity index (χ3n) is 8.93. The minimum atomic E-state index is 0.668. The zero-order valence-electron chi connectivity index (χ0n) is 25.6. The van der Waals surface area contributed by atoms with Crippen LogP contribution in [0.4, 0.5) is 0 Å². The second-order valence-corrected chi connectivity index (χ2v) is 11.8. The summed E-state index contributed by atoms with van der Waals surface area (Å²) in [5.41, 5.74) is 8.95. The molecule has 46 heavy (non-hydrogen) atoms. The number of benzene rings is 4. The molecular formula is C39H28N6O. The van der Waals surface area contributed by atoms with Crippen molar-refractivity contribution in [3.05, 3.63) is 132 Å². The third-order valence-corrected chi connectivity index (χ3v) is 8.93. The van der Waals surface area contributed by atoms with Crippen molar-refractivity contribution in [3.8, 4) is 28.7 Å². The van der Waals surface area contributed by atoms with Crippen LogP contribution in [0, 0.1) is 20.8 Å². The van der Waals surface area contributed by atoms with E-state index in [-0.39, 0.29) is 0 Å². The molecule has 0 amide bonds. The Morgan fingerprint density at radius 2 is 1.35 bits per heavy atom. The Kier molecular flexibility index (Phi) is 5.71. The Bertz CT molecular complexity index is 2630. The van der Waals surface area contributed by atoms with Gasteiger partial charge in [-0.1, -0.05) is 60.7 Å². The highest BCUT2D eigenvalue weighted by Crippen LogP contribution is 2.38. The van der Waals surface area contributed by atoms with Gasteiger partial charge in [-0.25, -0.2) is 9.97 Å². The zero-order valence-corrected chi connectivity index (χ0v) is 25.6. The Labute approximate surface area is 264 Å². The lowest BCUT2D eigenvalue weighted by molar-refractivity contribution is 0.477. The van der Waals surface area contributed by atoms with E-state index in [1.807, 2.05) is 49.5 Å². The number of rotatable bonds is 4. The number of hydrogen-bond donors (Lipinski definition) is 0. The molecule has 5 aromatic heterocycles. The second kappa shape index (κ2) is 9.97. The van der Waals surface area contributed by atoms with E-state index in [0.717, 1.165) is 77.9 Å². The lowest BCUT2D eigenvalue weighted by Gasteiger charge is -2.14. The van der Waals surface area contributed by atoms with Gasteiger partial charge in [0.25, 0.3) is 0 Å². The molecule has 0 aliphatic rings. The van der Waals surface area contributed by atoms with Gasteiger partial charge in [0.05, 0.1) is 27.8 Å². The van der Waals surface area contributed by atoms with Gasteiger partial charge >= 0.3 is 0 Å². The Balaban J connectivity index is 1.25. The van der Waals surface area contributed by atoms with E-state index in [1.54, 1.807) is 0 Å².